The van der Waals surface area contributed by atoms with Gasteiger partial charge in [-0.05, 0) is 42.3 Å². The third-order valence-corrected chi connectivity index (χ3v) is 4.97. The summed E-state index contributed by atoms with van der Waals surface area (Å²) in [6, 6.07) is 11.2. The second-order valence-corrected chi connectivity index (χ2v) is 7.83. The van der Waals surface area contributed by atoms with Gasteiger partial charge in [0.15, 0.2) is 5.96 Å². The lowest BCUT2D eigenvalue weighted by molar-refractivity contribution is 0.598. The van der Waals surface area contributed by atoms with E-state index in [0.717, 1.165) is 11.1 Å². The summed E-state index contributed by atoms with van der Waals surface area (Å²) in [6.07, 6.45) is 0. The first kappa shape index (κ1) is 19.5. The minimum absolute atomic E-state index is 0.0531. The number of benzene rings is 2. The van der Waals surface area contributed by atoms with Gasteiger partial charge in [0.1, 0.15) is 0 Å². The van der Waals surface area contributed by atoms with Crippen LogP contribution >= 0.6 is 23.2 Å². The molecule has 5 N–H and O–H groups in total. The van der Waals surface area contributed by atoms with Gasteiger partial charge in [0.2, 0.25) is 10.0 Å². The zero-order valence-corrected chi connectivity index (χ0v) is 15.7. The van der Waals surface area contributed by atoms with E-state index >= 15 is 0 Å². The molecule has 0 aliphatic carbocycles. The molecular weight excluding hydrogens is 383 g/mol. The Morgan fingerprint density at radius 2 is 1.84 bits per heavy atom. The van der Waals surface area contributed by atoms with Crippen LogP contribution in [0.2, 0.25) is 10.0 Å². The summed E-state index contributed by atoms with van der Waals surface area (Å²) >= 11 is 12.1. The number of primary sulfonamides is 1. The van der Waals surface area contributed by atoms with Gasteiger partial charge in [-0.25, -0.2) is 18.5 Å². The Labute approximate surface area is 156 Å². The molecule has 2 aromatic rings. The number of nitrogens with two attached hydrogens (primary N) is 2. The molecular formula is C16H18Cl2N4O2S. The molecule has 134 valence electrons. The number of halogens is 2. The van der Waals surface area contributed by atoms with Crippen LogP contribution in [0.15, 0.2) is 52.4 Å². The van der Waals surface area contributed by atoms with Gasteiger partial charge in [-0.15, -0.1) is 0 Å². The standard InChI is InChI=1S/C16H18Cl2N4O2S/c1-10(14-7-4-12(17)8-15(14)18)22-16(19)21-9-11-2-5-13(6-3-11)25(20,23)24/h2-8,10H,9H2,1H3,(H3,19,21,22)(H2,20,23,24). The van der Waals surface area contributed by atoms with E-state index in [1.807, 2.05) is 13.0 Å². The molecule has 0 saturated carbocycles. The number of nitrogens with zero attached hydrogens (tertiary/aromatic N) is 1. The van der Waals surface area contributed by atoms with E-state index in [1.54, 1.807) is 24.3 Å². The molecule has 25 heavy (non-hydrogen) atoms. The average molecular weight is 401 g/mol. The Balaban J connectivity index is 2.01. The van der Waals surface area contributed by atoms with Crippen molar-refractivity contribution in [2.75, 3.05) is 0 Å². The van der Waals surface area contributed by atoms with Crippen molar-refractivity contribution in [3.05, 3.63) is 63.6 Å². The maximum Gasteiger partial charge on any atom is 0.238 e. The summed E-state index contributed by atoms with van der Waals surface area (Å²) in [7, 11) is -3.70. The minimum Gasteiger partial charge on any atom is -0.370 e. The molecule has 0 heterocycles. The molecule has 1 unspecified atom stereocenters. The fraction of sp³-hybridized carbons (Fsp3) is 0.188. The molecule has 0 saturated heterocycles. The van der Waals surface area contributed by atoms with E-state index in [2.05, 4.69) is 10.3 Å². The van der Waals surface area contributed by atoms with Crippen LogP contribution in [-0.2, 0) is 16.6 Å². The van der Waals surface area contributed by atoms with Crippen molar-refractivity contribution in [2.45, 2.75) is 24.4 Å². The van der Waals surface area contributed by atoms with Crippen LogP contribution in [0.5, 0.6) is 0 Å². The van der Waals surface area contributed by atoms with Crippen molar-refractivity contribution in [3.63, 3.8) is 0 Å². The quantitative estimate of drug-likeness (QED) is 0.529. The van der Waals surface area contributed by atoms with E-state index in [0.29, 0.717) is 16.6 Å². The normalized spacial score (nSPS) is 13.5. The monoisotopic (exact) mass is 400 g/mol. The van der Waals surface area contributed by atoms with Crippen molar-refractivity contribution in [3.8, 4) is 0 Å². The molecule has 1 atom stereocenters. The maximum atomic E-state index is 11.2. The van der Waals surface area contributed by atoms with Crippen molar-refractivity contribution in [2.24, 2.45) is 15.9 Å². The van der Waals surface area contributed by atoms with Crippen LogP contribution < -0.4 is 16.2 Å². The molecule has 9 heteroatoms. The summed E-state index contributed by atoms with van der Waals surface area (Å²) in [6.45, 7) is 2.20. The molecule has 0 aromatic heterocycles. The van der Waals surface area contributed by atoms with Crippen LogP contribution in [0.4, 0.5) is 0 Å². The summed E-state index contributed by atoms with van der Waals surface area (Å²) in [5, 5.41) is 9.20. The highest BCUT2D eigenvalue weighted by molar-refractivity contribution is 7.89. The highest BCUT2D eigenvalue weighted by Crippen LogP contribution is 2.25. The summed E-state index contributed by atoms with van der Waals surface area (Å²) in [5.41, 5.74) is 7.54. The van der Waals surface area contributed by atoms with E-state index in [4.69, 9.17) is 34.1 Å². The molecule has 0 aliphatic rings. The number of hydrogen-bond donors (Lipinski definition) is 3. The third-order valence-electron chi connectivity index (χ3n) is 3.48. The van der Waals surface area contributed by atoms with Crippen molar-refractivity contribution in [1.82, 2.24) is 5.32 Å². The number of nitrogens with one attached hydrogen (secondary N) is 1. The molecule has 6 nitrogen and oxygen atoms in total. The summed E-state index contributed by atoms with van der Waals surface area (Å²) in [5.74, 6) is 0.244. The van der Waals surface area contributed by atoms with Crippen LogP contribution in [0, 0.1) is 0 Å². The number of guanidine groups is 1. The maximum absolute atomic E-state index is 11.2. The van der Waals surface area contributed by atoms with Gasteiger partial charge in [-0.2, -0.15) is 0 Å². The highest BCUT2D eigenvalue weighted by Gasteiger charge is 2.11. The number of hydrogen-bond acceptors (Lipinski definition) is 3. The van der Waals surface area contributed by atoms with E-state index in [-0.39, 0.29) is 16.9 Å². The van der Waals surface area contributed by atoms with Crippen LogP contribution in [-0.4, -0.2) is 14.4 Å². The predicted molar refractivity (Wildman–Crippen MR) is 101 cm³/mol. The lowest BCUT2D eigenvalue weighted by atomic mass is 10.1. The first-order valence-electron chi connectivity index (χ1n) is 7.30. The van der Waals surface area contributed by atoms with Gasteiger partial charge < -0.3 is 11.1 Å². The van der Waals surface area contributed by atoms with E-state index < -0.39 is 10.0 Å². The summed E-state index contributed by atoms with van der Waals surface area (Å²) < 4.78 is 22.4. The van der Waals surface area contributed by atoms with Gasteiger partial charge in [0.25, 0.3) is 0 Å². The van der Waals surface area contributed by atoms with Gasteiger partial charge in [0, 0.05) is 10.0 Å². The second-order valence-electron chi connectivity index (χ2n) is 5.42. The third kappa shape index (κ3) is 5.61. The molecule has 0 bridgehead atoms. The number of sulfonamides is 1. The molecule has 2 aromatic carbocycles. The van der Waals surface area contributed by atoms with Gasteiger partial charge in [0.05, 0.1) is 17.5 Å². The average Bonchev–Trinajstić information content (AvgIpc) is 2.52. The Morgan fingerprint density at radius 1 is 1.20 bits per heavy atom. The minimum atomic E-state index is -3.70. The largest absolute Gasteiger partial charge is 0.370 e. The predicted octanol–water partition coefficient (Wildman–Crippen LogP) is 2.81. The SMILES string of the molecule is CC(NC(N)=NCc1ccc(S(N)(=O)=O)cc1)c1ccc(Cl)cc1Cl. The van der Waals surface area contributed by atoms with Crippen molar-refractivity contribution >= 4 is 39.2 Å². The van der Waals surface area contributed by atoms with Gasteiger partial charge in [-0.3, -0.25) is 0 Å². The topological polar surface area (TPSA) is 111 Å². The van der Waals surface area contributed by atoms with Crippen molar-refractivity contribution in [1.29, 1.82) is 0 Å². The van der Waals surface area contributed by atoms with Crippen molar-refractivity contribution < 1.29 is 8.42 Å². The van der Waals surface area contributed by atoms with E-state index in [1.165, 1.54) is 12.1 Å². The molecule has 0 amide bonds. The molecule has 0 fully saturated rings. The van der Waals surface area contributed by atoms with Crippen LogP contribution in [0.3, 0.4) is 0 Å². The first-order valence-corrected chi connectivity index (χ1v) is 9.60. The Kier molecular flexibility index (Phi) is 6.29. The Bertz CT molecular complexity index is 884. The fourth-order valence-electron chi connectivity index (χ4n) is 2.16. The lowest BCUT2D eigenvalue weighted by Crippen LogP contribution is -2.34. The zero-order valence-electron chi connectivity index (χ0n) is 13.4. The lowest BCUT2D eigenvalue weighted by Gasteiger charge is -2.16. The molecule has 0 spiro atoms. The summed E-state index contributed by atoms with van der Waals surface area (Å²) in [4.78, 5) is 4.29. The van der Waals surface area contributed by atoms with Gasteiger partial charge in [-0.1, -0.05) is 41.4 Å². The highest BCUT2D eigenvalue weighted by atomic mass is 35.5. The smallest absolute Gasteiger partial charge is 0.238 e. The zero-order chi connectivity index (χ0) is 18.6. The second kappa shape index (κ2) is 8.05. The Morgan fingerprint density at radius 3 is 2.40 bits per heavy atom. The fourth-order valence-corrected chi connectivity index (χ4v) is 3.25. The Hall–Kier alpha value is -1.80. The van der Waals surface area contributed by atoms with Gasteiger partial charge >= 0.3 is 0 Å². The molecule has 0 radical (unpaired) electrons. The molecule has 2 rings (SSSR count). The van der Waals surface area contributed by atoms with Crippen LogP contribution in [0.1, 0.15) is 24.1 Å². The number of rotatable bonds is 5. The van der Waals surface area contributed by atoms with E-state index in [9.17, 15) is 8.42 Å². The number of aliphatic imine (C=N–C) groups is 1. The van der Waals surface area contributed by atoms with Crippen LogP contribution in [0.25, 0.3) is 0 Å². The molecule has 0 aliphatic heterocycles. The first-order chi connectivity index (χ1) is 11.7.